The molecule has 1 aliphatic rings. The van der Waals surface area contributed by atoms with Crippen LogP contribution in [-0.2, 0) is 6.42 Å². The maximum absolute atomic E-state index is 10.5. The van der Waals surface area contributed by atoms with E-state index in [9.17, 15) is 5.11 Å². The highest BCUT2D eigenvalue weighted by atomic mass is 16.7. The molecule has 4 heteroatoms. The molecular formula is C19H23NO3. The Labute approximate surface area is 137 Å². The maximum atomic E-state index is 10.5. The molecule has 23 heavy (non-hydrogen) atoms. The predicted octanol–water partition coefficient (Wildman–Crippen LogP) is 3.01. The molecule has 0 aromatic heterocycles. The van der Waals surface area contributed by atoms with Crippen molar-refractivity contribution in [1.29, 1.82) is 0 Å². The molecule has 2 aromatic carbocycles. The molecule has 3 rings (SSSR count). The van der Waals surface area contributed by atoms with Gasteiger partial charge in [0, 0.05) is 12.6 Å². The first-order valence-corrected chi connectivity index (χ1v) is 7.97. The van der Waals surface area contributed by atoms with Gasteiger partial charge in [-0.15, -0.1) is 0 Å². The zero-order valence-electron chi connectivity index (χ0n) is 13.6. The van der Waals surface area contributed by atoms with Crippen molar-refractivity contribution in [2.24, 2.45) is 0 Å². The molecule has 0 bridgehead atoms. The first kappa shape index (κ1) is 15.8. The smallest absolute Gasteiger partial charge is 0.231 e. The summed E-state index contributed by atoms with van der Waals surface area (Å²) >= 11 is 0. The van der Waals surface area contributed by atoms with E-state index in [0.717, 1.165) is 30.0 Å². The number of hydrogen-bond acceptors (Lipinski definition) is 4. The Balaban J connectivity index is 1.57. The number of benzene rings is 2. The van der Waals surface area contributed by atoms with Gasteiger partial charge in [0.1, 0.15) is 0 Å². The largest absolute Gasteiger partial charge is 0.454 e. The van der Waals surface area contributed by atoms with Crippen LogP contribution in [0.15, 0.2) is 48.5 Å². The standard InChI is InChI=1S/C19H23NO3/c1-14(19(21)16-6-4-3-5-7-16)20(2)11-10-15-8-9-17-18(12-15)23-13-22-17/h3-9,12,14,19,21H,10-11,13H2,1-2H3/t14-,19-/m1/s1. The van der Waals surface area contributed by atoms with Gasteiger partial charge in [0.05, 0.1) is 6.10 Å². The third-order valence-electron chi connectivity index (χ3n) is 4.48. The molecule has 122 valence electrons. The van der Waals surface area contributed by atoms with Gasteiger partial charge in [0.25, 0.3) is 0 Å². The maximum Gasteiger partial charge on any atom is 0.231 e. The number of rotatable bonds is 6. The Morgan fingerprint density at radius 3 is 2.61 bits per heavy atom. The third-order valence-corrected chi connectivity index (χ3v) is 4.48. The Morgan fingerprint density at radius 1 is 1.09 bits per heavy atom. The van der Waals surface area contributed by atoms with Gasteiger partial charge in [-0.1, -0.05) is 36.4 Å². The summed E-state index contributed by atoms with van der Waals surface area (Å²) in [5.41, 5.74) is 2.16. The molecule has 0 radical (unpaired) electrons. The van der Waals surface area contributed by atoms with Gasteiger partial charge >= 0.3 is 0 Å². The summed E-state index contributed by atoms with van der Waals surface area (Å²) in [5, 5.41) is 10.5. The molecule has 0 fully saturated rings. The van der Waals surface area contributed by atoms with Crippen molar-refractivity contribution in [2.45, 2.75) is 25.5 Å². The summed E-state index contributed by atoms with van der Waals surface area (Å²) in [5.74, 6) is 1.64. The lowest BCUT2D eigenvalue weighted by atomic mass is 10.0. The highest BCUT2D eigenvalue weighted by molar-refractivity contribution is 5.44. The minimum atomic E-state index is -0.488. The highest BCUT2D eigenvalue weighted by Crippen LogP contribution is 2.32. The lowest BCUT2D eigenvalue weighted by molar-refractivity contribution is 0.0732. The number of fused-ring (bicyclic) bond motifs is 1. The average molecular weight is 313 g/mol. The topological polar surface area (TPSA) is 41.9 Å². The van der Waals surface area contributed by atoms with Crippen LogP contribution in [0.5, 0.6) is 11.5 Å². The quantitative estimate of drug-likeness (QED) is 0.890. The number of nitrogens with zero attached hydrogens (tertiary/aromatic N) is 1. The summed E-state index contributed by atoms with van der Waals surface area (Å²) in [7, 11) is 2.05. The number of aliphatic hydroxyl groups excluding tert-OH is 1. The highest BCUT2D eigenvalue weighted by Gasteiger charge is 2.20. The molecule has 1 aliphatic heterocycles. The van der Waals surface area contributed by atoms with Gasteiger partial charge in [-0.05, 0) is 43.7 Å². The van der Waals surface area contributed by atoms with E-state index in [4.69, 9.17) is 9.47 Å². The molecule has 4 nitrogen and oxygen atoms in total. The third kappa shape index (κ3) is 3.66. The van der Waals surface area contributed by atoms with Crippen LogP contribution < -0.4 is 9.47 Å². The van der Waals surface area contributed by atoms with Crippen molar-refractivity contribution in [3.05, 3.63) is 59.7 Å². The normalized spacial score (nSPS) is 15.7. The summed E-state index contributed by atoms with van der Waals surface area (Å²) < 4.78 is 10.7. The molecule has 1 N–H and O–H groups in total. The fraction of sp³-hybridized carbons (Fsp3) is 0.368. The van der Waals surface area contributed by atoms with E-state index in [1.807, 2.05) is 49.5 Å². The number of aliphatic hydroxyl groups is 1. The van der Waals surface area contributed by atoms with Crippen LogP contribution in [0.2, 0.25) is 0 Å². The Kier molecular flexibility index (Phi) is 4.84. The second kappa shape index (κ2) is 7.02. The van der Waals surface area contributed by atoms with Gasteiger partial charge in [0.15, 0.2) is 11.5 Å². The van der Waals surface area contributed by atoms with Crippen molar-refractivity contribution >= 4 is 0 Å². The fourth-order valence-corrected chi connectivity index (χ4v) is 2.78. The lowest BCUT2D eigenvalue weighted by Crippen LogP contribution is -2.35. The van der Waals surface area contributed by atoms with Gasteiger partial charge in [-0.2, -0.15) is 0 Å². The monoisotopic (exact) mass is 313 g/mol. The molecule has 0 unspecified atom stereocenters. The van der Waals surface area contributed by atoms with Crippen molar-refractivity contribution in [3.8, 4) is 11.5 Å². The molecule has 0 amide bonds. The van der Waals surface area contributed by atoms with Crippen LogP contribution in [0.25, 0.3) is 0 Å². The number of hydrogen-bond donors (Lipinski definition) is 1. The van der Waals surface area contributed by atoms with Gasteiger partial charge in [0.2, 0.25) is 6.79 Å². The summed E-state index contributed by atoms with van der Waals surface area (Å²) in [6.07, 6.45) is 0.414. The minimum Gasteiger partial charge on any atom is -0.454 e. The van der Waals surface area contributed by atoms with Crippen molar-refractivity contribution in [3.63, 3.8) is 0 Å². The zero-order valence-corrected chi connectivity index (χ0v) is 13.6. The summed E-state index contributed by atoms with van der Waals surface area (Å²) in [6, 6.07) is 15.9. The van der Waals surface area contributed by atoms with E-state index < -0.39 is 6.10 Å². The number of likely N-dealkylation sites (N-methyl/N-ethyl adjacent to an activating group) is 1. The molecule has 0 aliphatic carbocycles. The summed E-state index contributed by atoms with van der Waals surface area (Å²) in [4.78, 5) is 2.18. The second-order valence-corrected chi connectivity index (χ2v) is 6.01. The minimum absolute atomic E-state index is 0.0476. The Morgan fingerprint density at radius 2 is 1.83 bits per heavy atom. The van der Waals surface area contributed by atoms with Crippen LogP contribution in [0.1, 0.15) is 24.2 Å². The molecule has 0 saturated carbocycles. The molecule has 0 spiro atoms. The van der Waals surface area contributed by atoms with E-state index in [0.29, 0.717) is 6.79 Å². The van der Waals surface area contributed by atoms with Gasteiger partial charge < -0.3 is 19.5 Å². The van der Waals surface area contributed by atoms with Crippen LogP contribution in [0, 0.1) is 0 Å². The van der Waals surface area contributed by atoms with E-state index in [1.54, 1.807) is 0 Å². The first-order chi connectivity index (χ1) is 11.1. The summed E-state index contributed by atoms with van der Waals surface area (Å²) in [6.45, 7) is 3.22. The van der Waals surface area contributed by atoms with Crippen molar-refractivity contribution < 1.29 is 14.6 Å². The number of ether oxygens (including phenoxy) is 2. The molecule has 2 aromatic rings. The van der Waals surface area contributed by atoms with Crippen LogP contribution in [0.4, 0.5) is 0 Å². The van der Waals surface area contributed by atoms with E-state index >= 15 is 0 Å². The van der Waals surface area contributed by atoms with Crippen molar-refractivity contribution in [1.82, 2.24) is 4.90 Å². The van der Waals surface area contributed by atoms with E-state index in [1.165, 1.54) is 5.56 Å². The van der Waals surface area contributed by atoms with Crippen LogP contribution >= 0.6 is 0 Å². The van der Waals surface area contributed by atoms with Crippen LogP contribution in [0.3, 0.4) is 0 Å². The fourth-order valence-electron chi connectivity index (χ4n) is 2.78. The Hall–Kier alpha value is -2.04. The SMILES string of the molecule is C[C@H]([C@@H](O)c1ccccc1)N(C)CCc1ccc2c(c1)OCO2. The van der Waals surface area contributed by atoms with E-state index in [2.05, 4.69) is 17.9 Å². The van der Waals surface area contributed by atoms with Gasteiger partial charge in [-0.25, -0.2) is 0 Å². The zero-order chi connectivity index (χ0) is 16.2. The van der Waals surface area contributed by atoms with Crippen LogP contribution in [-0.4, -0.2) is 36.4 Å². The molecule has 1 heterocycles. The van der Waals surface area contributed by atoms with Crippen molar-refractivity contribution in [2.75, 3.05) is 20.4 Å². The van der Waals surface area contributed by atoms with Gasteiger partial charge in [-0.3, -0.25) is 0 Å². The van der Waals surface area contributed by atoms with E-state index in [-0.39, 0.29) is 6.04 Å². The lowest BCUT2D eigenvalue weighted by Gasteiger charge is -2.29. The average Bonchev–Trinajstić information content (AvgIpc) is 3.06. The second-order valence-electron chi connectivity index (χ2n) is 6.01. The molecule has 2 atom stereocenters. The molecule has 0 saturated heterocycles. The first-order valence-electron chi connectivity index (χ1n) is 7.97. The molecular weight excluding hydrogens is 290 g/mol. The Bertz CT molecular complexity index is 644. The predicted molar refractivity (Wildman–Crippen MR) is 89.8 cm³/mol.